The van der Waals surface area contributed by atoms with Crippen LogP contribution in [0.15, 0.2) is 140 Å². The average Bonchev–Trinajstić information content (AvgIpc) is 2.93. The fraction of sp³-hybridized carbons (Fsp3) is 0. The third kappa shape index (κ3) is 3.25. The zero-order valence-corrected chi connectivity index (χ0v) is 19.2. The van der Waals surface area contributed by atoms with E-state index >= 15 is 0 Å². The van der Waals surface area contributed by atoms with Gasteiger partial charge in [-0.05, 0) is 79.5 Å². The van der Waals surface area contributed by atoms with E-state index in [1.807, 2.05) is 0 Å². The summed E-state index contributed by atoms with van der Waals surface area (Å²) < 4.78 is 0. The van der Waals surface area contributed by atoms with Crippen LogP contribution >= 0.6 is 0 Å². The first-order valence-corrected chi connectivity index (χ1v) is 12.0. The maximum atomic E-state index is 2.32. The van der Waals surface area contributed by atoms with Crippen LogP contribution in [0.1, 0.15) is 0 Å². The van der Waals surface area contributed by atoms with E-state index in [4.69, 9.17) is 0 Å². The molecule has 0 bridgehead atoms. The number of benzene rings is 7. The van der Waals surface area contributed by atoms with E-state index in [0.29, 0.717) is 0 Å². The first-order chi connectivity index (χ1) is 17.4. The lowest BCUT2D eigenvalue weighted by atomic mass is 9.93. The summed E-state index contributed by atoms with van der Waals surface area (Å²) in [5.41, 5.74) is 3.45. The predicted octanol–water partition coefficient (Wildman–Crippen LogP) is 9.77. The first kappa shape index (κ1) is 19.8. The van der Waals surface area contributed by atoms with Gasteiger partial charge in [0.15, 0.2) is 0 Å². The van der Waals surface area contributed by atoms with Gasteiger partial charge >= 0.3 is 0 Å². The Kier molecular flexibility index (Phi) is 4.53. The summed E-state index contributed by atoms with van der Waals surface area (Å²) in [4.78, 5) is 2.32. The number of hydrogen-bond acceptors (Lipinski definition) is 1. The lowest BCUT2D eigenvalue weighted by Gasteiger charge is -2.26. The second kappa shape index (κ2) is 8.00. The minimum Gasteiger partial charge on any atom is -0.310 e. The van der Waals surface area contributed by atoms with E-state index in [-0.39, 0.29) is 0 Å². The van der Waals surface area contributed by atoms with E-state index < -0.39 is 0 Å². The Morgan fingerprint density at radius 1 is 0.314 bits per heavy atom. The Morgan fingerprint density at radius 2 is 0.886 bits per heavy atom. The van der Waals surface area contributed by atoms with Gasteiger partial charge in [0.05, 0.1) is 0 Å². The van der Waals surface area contributed by atoms with Crippen molar-refractivity contribution in [2.75, 3.05) is 4.90 Å². The van der Waals surface area contributed by atoms with Crippen LogP contribution in [0.4, 0.5) is 17.1 Å². The second-order valence-electron chi connectivity index (χ2n) is 9.02. The molecule has 0 radical (unpaired) electrons. The largest absolute Gasteiger partial charge is 0.310 e. The van der Waals surface area contributed by atoms with Crippen LogP contribution in [0.25, 0.3) is 43.1 Å². The molecule has 7 rings (SSSR count). The monoisotopic (exact) mass is 445 g/mol. The number of hydrogen-bond donors (Lipinski definition) is 0. The molecular formula is C34H23N. The molecule has 1 nitrogen and oxygen atoms in total. The number of nitrogens with zero attached hydrogens (tertiary/aromatic N) is 1. The summed E-state index contributed by atoms with van der Waals surface area (Å²) in [5, 5.41) is 10.3. The number of para-hydroxylation sites is 2. The predicted molar refractivity (Wildman–Crippen MR) is 151 cm³/mol. The summed E-state index contributed by atoms with van der Waals surface area (Å²) in [7, 11) is 0. The Bertz CT molecular complexity index is 1800. The third-order valence-corrected chi connectivity index (χ3v) is 6.99. The Balaban J connectivity index is 1.49. The summed E-state index contributed by atoms with van der Waals surface area (Å²) >= 11 is 0. The molecule has 0 saturated carbocycles. The lowest BCUT2D eigenvalue weighted by molar-refractivity contribution is 1.29. The molecule has 0 aliphatic heterocycles. The lowest BCUT2D eigenvalue weighted by Crippen LogP contribution is -2.09. The standard InChI is InChI=1S/C34H23N/c1-3-10-27(11-4-1)35(28-12-5-2-6-13-28)29-19-22-31-26(23-29)16-15-25-18-20-32-30-14-8-7-9-24(30)17-21-33(32)34(25)31/h1-23H. The molecule has 7 aromatic carbocycles. The third-order valence-electron chi connectivity index (χ3n) is 6.99. The zero-order chi connectivity index (χ0) is 23.2. The fourth-order valence-electron chi connectivity index (χ4n) is 5.38. The van der Waals surface area contributed by atoms with E-state index in [0.717, 1.165) is 17.1 Å². The molecule has 0 aromatic heterocycles. The molecule has 0 spiro atoms. The molecule has 0 amide bonds. The van der Waals surface area contributed by atoms with Gasteiger partial charge in [-0.1, -0.05) is 103 Å². The maximum Gasteiger partial charge on any atom is 0.0468 e. The van der Waals surface area contributed by atoms with Crippen molar-refractivity contribution in [2.24, 2.45) is 0 Å². The van der Waals surface area contributed by atoms with Crippen LogP contribution < -0.4 is 4.90 Å². The molecule has 0 N–H and O–H groups in total. The van der Waals surface area contributed by atoms with Gasteiger partial charge in [0.2, 0.25) is 0 Å². The van der Waals surface area contributed by atoms with Gasteiger partial charge in [0.25, 0.3) is 0 Å². The van der Waals surface area contributed by atoms with Gasteiger partial charge in [-0.3, -0.25) is 0 Å². The zero-order valence-electron chi connectivity index (χ0n) is 19.2. The topological polar surface area (TPSA) is 3.24 Å². The quantitative estimate of drug-likeness (QED) is 0.245. The summed E-state index contributed by atoms with van der Waals surface area (Å²) in [6, 6.07) is 50.2. The molecule has 0 heterocycles. The minimum absolute atomic E-state index is 1.15. The van der Waals surface area contributed by atoms with Crippen LogP contribution in [0, 0.1) is 0 Å². The molecule has 0 atom stereocenters. The van der Waals surface area contributed by atoms with Crippen molar-refractivity contribution >= 4 is 60.2 Å². The smallest absolute Gasteiger partial charge is 0.0468 e. The van der Waals surface area contributed by atoms with E-state index in [9.17, 15) is 0 Å². The molecule has 0 fully saturated rings. The Morgan fingerprint density at radius 3 is 1.66 bits per heavy atom. The molecule has 0 aliphatic carbocycles. The number of rotatable bonds is 3. The van der Waals surface area contributed by atoms with Crippen molar-refractivity contribution in [2.45, 2.75) is 0 Å². The highest BCUT2D eigenvalue weighted by atomic mass is 15.1. The van der Waals surface area contributed by atoms with Crippen LogP contribution in [0.5, 0.6) is 0 Å². The van der Waals surface area contributed by atoms with Crippen LogP contribution in [-0.2, 0) is 0 Å². The molecule has 1 heteroatoms. The van der Waals surface area contributed by atoms with Crippen LogP contribution in [-0.4, -0.2) is 0 Å². The van der Waals surface area contributed by atoms with Gasteiger partial charge in [0, 0.05) is 17.1 Å². The molecule has 0 aliphatic rings. The Labute approximate surface area is 204 Å². The van der Waals surface area contributed by atoms with Crippen molar-refractivity contribution in [3.8, 4) is 0 Å². The summed E-state index contributed by atoms with van der Waals surface area (Å²) in [5.74, 6) is 0. The average molecular weight is 446 g/mol. The highest BCUT2D eigenvalue weighted by Crippen LogP contribution is 2.39. The van der Waals surface area contributed by atoms with Crippen molar-refractivity contribution in [1.82, 2.24) is 0 Å². The van der Waals surface area contributed by atoms with Gasteiger partial charge < -0.3 is 4.90 Å². The van der Waals surface area contributed by atoms with Crippen LogP contribution in [0.3, 0.4) is 0 Å². The van der Waals surface area contributed by atoms with Crippen molar-refractivity contribution in [1.29, 1.82) is 0 Å². The van der Waals surface area contributed by atoms with Crippen molar-refractivity contribution in [3.05, 3.63) is 140 Å². The number of fused-ring (bicyclic) bond motifs is 7. The Hall–Kier alpha value is -4.62. The minimum atomic E-state index is 1.15. The van der Waals surface area contributed by atoms with Gasteiger partial charge in [-0.25, -0.2) is 0 Å². The van der Waals surface area contributed by atoms with Crippen LogP contribution in [0.2, 0.25) is 0 Å². The maximum absolute atomic E-state index is 2.32. The molecule has 0 saturated heterocycles. The van der Waals surface area contributed by atoms with E-state index in [1.54, 1.807) is 0 Å². The molecule has 164 valence electrons. The molecule has 7 aromatic rings. The highest BCUT2D eigenvalue weighted by molar-refractivity contribution is 6.24. The fourth-order valence-corrected chi connectivity index (χ4v) is 5.38. The SMILES string of the molecule is c1ccc(N(c2ccccc2)c2ccc3c(ccc4ccc5c6ccccc6ccc5c43)c2)cc1. The van der Waals surface area contributed by atoms with Gasteiger partial charge in [0.1, 0.15) is 0 Å². The summed E-state index contributed by atoms with van der Waals surface area (Å²) in [6.07, 6.45) is 0. The second-order valence-corrected chi connectivity index (χ2v) is 9.02. The van der Waals surface area contributed by atoms with E-state index in [2.05, 4.69) is 144 Å². The highest BCUT2D eigenvalue weighted by Gasteiger charge is 2.14. The van der Waals surface area contributed by atoms with E-state index in [1.165, 1.54) is 43.1 Å². The summed E-state index contributed by atoms with van der Waals surface area (Å²) in [6.45, 7) is 0. The first-order valence-electron chi connectivity index (χ1n) is 12.0. The van der Waals surface area contributed by atoms with Gasteiger partial charge in [-0.15, -0.1) is 0 Å². The number of anilines is 3. The van der Waals surface area contributed by atoms with Crippen molar-refractivity contribution < 1.29 is 0 Å². The van der Waals surface area contributed by atoms with Crippen molar-refractivity contribution in [3.63, 3.8) is 0 Å². The molecule has 0 unspecified atom stereocenters. The normalized spacial score (nSPS) is 11.4. The van der Waals surface area contributed by atoms with Gasteiger partial charge in [-0.2, -0.15) is 0 Å². The molecule has 35 heavy (non-hydrogen) atoms. The molecular weight excluding hydrogens is 422 g/mol.